The molecule has 2 aliphatic rings. The van der Waals surface area contributed by atoms with Gasteiger partial charge in [-0.3, -0.25) is 4.79 Å². The largest absolute Gasteiger partial charge is 0.497 e. The minimum Gasteiger partial charge on any atom is -0.497 e. The van der Waals surface area contributed by atoms with Gasteiger partial charge in [-0.1, -0.05) is 12.2 Å². The monoisotopic (exact) mass is 311 g/mol. The second-order valence-electron chi connectivity index (χ2n) is 6.59. The molecule has 23 heavy (non-hydrogen) atoms. The van der Waals surface area contributed by atoms with Gasteiger partial charge in [-0.25, -0.2) is 0 Å². The first kappa shape index (κ1) is 14.4. The van der Waals surface area contributed by atoms with Gasteiger partial charge in [0.25, 0.3) is 5.91 Å². The Balaban J connectivity index is 1.64. The Morgan fingerprint density at radius 3 is 2.57 bits per heavy atom. The van der Waals surface area contributed by atoms with Crippen molar-refractivity contribution < 1.29 is 13.9 Å². The summed E-state index contributed by atoms with van der Waals surface area (Å²) in [5, 5.41) is 0.979. The topological polar surface area (TPSA) is 42.7 Å². The van der Waals surface area contributed by atoms with Gasteiger partial charge in [0.2, 0.25) is 0 Å². The highest BCUT2D eigenvalue weighted by molar-refractivity contribution is 5.99. The van der Waals surface area contributed by atoms with Crippen molar-refractivity contribution in [2.45, 2.75) is 19.8 Å². The summed E-state index contributed by atoms with van der Waals surface area (Å²) >= 11 is 0. The minimum atomic E-state index is 0.0204. The molecule has 120 valence electrons. The molecular formula is C19H21NO3. The number of carbonyl (C=O) groups is 1. The fourth-order valence-corrected chi connectivity index (χ4v) is 3.86. The molecule has 0 radical (unpaired) electrons. The van der Waals surface area contributed by atoms with Crippen molar-refractivity contribution in [2.24, 2.45) is 11.8 Å². The molecule has 4 nitrogen and oxygen atoms in total. The number of carbonyl (C=O) groups excluding carboxylic acids is 1. The number of rotatable bonds is 2. The molecule has 1 aliphatic heterocycles. The zero-order valence-electron chi connectivity index (χ0n) is 13.5. The highest BCUT2D eigenvalue weighted by Gasteiger charge is 2.36. The Kier molecular flexibility index (Phi) is 3.40. The van der Waals surface area contributed by atoms with Crippen LogP contribution in [0.25, 0.3) is 11.0 Å². The average Bonchev–Trinajstić information content (AvgIpc) is 3.15. The van der Waals surface area contributed by atoms with Crippen molar-refractivity contribution in [3.05, 3.63) is 41.7 Å². The fourth-order valence-electron chi connectivity index (χ4n) is 3.86. The van der Waals surface area contributed by atoms with E-state index < -0.39 is 0 Å². The van der Waals surface area contributed by atoms with E-state index in [0.717, 1.165) is 42.6 Å². The van der Waals surface area contributed by atoms with Crippen molar-refractivity contribution in [3.63, 3.8) is 0 Å². The van der Waals surface area contributed by atoms with E-state index in [0.29, 0.717) is 23.2 Å². The molecule has 1 aliphatic carbocycles. The van der Waals surface area contributed by atoms with Crippen LogP contribution in [-0.2, 0) is 0 Å². The van der Waals surface area contributed by atoms with Crippen LogP contribution in [0.3, 0.4) is 0 Å². The van der Waals surface area contributed by atoms with Crippen molar-refractivity contribution >= 4 is 16.9 Å². The number of nitrogens with zero attached hydrogens (tertiary/aromatic N) is 1. The lowest BCUT2D eigenvalue weighted by molar-refractivity contribution is 0.0754. The lowest BCUT2D eigenvalue weighted by Crippen LogP contribution is -2.29. The molecule has 2 heterocycles. The molecule has 1 fully saturated rings. The summed E-state index contributed by atoms with van der Waals surface area (Å²) in [6, 6.07) is 5.69. The number of amides is 1. The molecule has 0 saturated carbocycles. The van der Waals surface area contributed by atoms with Crippen LogP contribution < -0.4 is 4.74 Å². The Labute approximate surface area is 135 Å². The van der Waals surface area contributed by atoms with Crippen LogP contribution in [0.4, 0.5) is 0 Å². The van der Waals surface area contributed by atoms with E-state index in [2.05, 4.69) is 12.2 Å². The lowest BCUT2D eigenvalue weighted by atomic mass is 9.86. The molecule has 1 aromatic carbocycles. The predicted molar refractivity (Wildman–Crippen MR) is 88.8 cm³/mol. The maximum absolute atomic E-state index is 12.9. The number of hydrogen-bond donors (Lipinski definition) is 0. The van der Waals surface area contributed by atoms with Crippen molar-refractivity contribution in [3.8, 4) is 5.75 Å². The highest BCUT2D eigenvalue weighted by atomic mass is 16.5. The van der Waals surface area contributed by atoms with E-state index >= 15 is 0 Å². The third-order valence-electron chi connectivity index (χ3n) is 5.25. The normalized spacial score (nSPS) is 23.3. The molecule has 0 unspecified atom stereocenters. The zero-order valence-corrected chi connectivity index (χ0v) is 13.5. The van der Waals surface area contributed by atoms with E-state index in [1.165, 1.54) is 0 Å². The van der Waals surface area contributed by atoms with Gasteiger partial charge < -0.3 is 14.1 Å². The SMILES string of the molecule is COc1ccc2c(C)c(C(=O)N3C[C@H]4CC=CC[C@H]4C3)oc2c1. The number of aryl methyl sites for hydroxylation is 1. The van der Waals surface area contributed by atoms with Gasteiger partial charge in [-0.2, -0.15) is 0 Å². The van der Waals surface area contributed by atoms with Crippen LogP contribution in [0.5, 0.6) is 5.75 Å². The van der Waals surface area contributed by atoms with Gasteiger partial charge >= 0.3 is 0 Å². The third-order valence-corrected chi connectivity index (χ3v) is 5.25. The summed E-state index contributed by atoms with van der Waals surface area (Å²) in [4.78, 5) is 14.9. The van der Waals surface area contributed by atoms with Crippen LogP contribution in [0.1, 0.15) is 29.0 Å². The quantitative estimate of drug-likeness (QED) is 0.793. The second-order valence-corrected chi connectivity index (χ2v) is 6.59. The molecule has 1 aromatic heterocycles. The number of ether oxygens (including phenoxy) is 1. The van der Waals surface area contributed by atoms with Crippen LogP contribution >= 0.6 is 0 Å². The van der Waals surface area contributed by atoms with E-state index in [1.807, 2.05) is 30.0 Å². The number of likely N-dealkylation sites (tertiary alicyclic amines) is 1. The molecular weight excluding hydrogens is 290 g/mol. The molecule has 2 aromatic rings. The summed E-state index contributed by atoms with van der Waals surface area (Å²) in [6.07, 6.45) is 6.66. The summed E-state index contributed by atoms with van der Waals surface area (Å²) in [6.45, 7) is 3.64. The van der Waals surface area contributed by atoms with Crippen molar-refractivity contribution in [1.82, 2.24) is 4.90 Å². The summed E-state index contributed by atoms with van der Waals surface area (Å²) in [5.41, 5.74) is 1.63. The molecule has 0 N–H and O–H groups in total. The highest BCUT2D eigenvalue weighted by Crippen LogP contribution is 2.35. The van der Waals surface area contributed by atoms with Gasteiger partial charge in [0.15, 0.2) is 5.76 Å². The van der Waals surface area contributed by atoms with Crippen LogP contribution in [0, 0.1) is 18.8 Å². The first-order valence-corrected chi connectivity index (χ1v) is 8.18. The van der Waals surface area contributed by atoms with Gasteiger partial charge in [0, 0.05) is 30.1 Å². The predicted octanol–water partition coefficient (Wildman–Crippen LogP) is 3.79. The van der Waals surface area contributed by atoms with Gasteiger partial charge in [-0.05, 0) is 43.7 Å². The Morgan fingerprint density at radius 2 is 1.91 bits per heavy atom. The Hall–Kier alpha value is -2.23. The van der Waals surface area contributed by atoms with E-state index in [9.17, 15) is 4.79 Å². The number of methoxy groups -OCH3 is 1. The van der Waals surface area contributed by atoms with Gasteiger partial charge in [0.1, 0.15) is 11.3 Å². The first-order chi connectivity index (χ1) is 11.2. The molecule has 1 amide bonds. The molecule has 2 atom stereocenters. The Morgan fingerprint density at radius 1 is 1.22 bits per heavy atom. The van der Waals surface area contributed by atoms with Gasteiger partial charge in [-0.15, -0.1) is 0 Å². The Bertz CT molecular complexity index is 773. The standard InChI is InChI=1S/C19H21NO3/c1-12-16-8-7-15(22-2)9-17(16)23-18(12)19(21)20-10-13-5-3-4-6-14(13)11-20/h3-4,7-9,13-14H,5-6,10-11H2,1-2H3/t13-,14+. The number of allylic oxidation sites excluding steroid dienone is 2. The summed E-state index contributed by atoms with van der Waals surface area (Å²) < 4.78 is 11.1. The smallest absolute Gasteiger partial charge is 0.289 e. The fraction of sp³-hybridized carbons (Fsp3) is 0.421. The van der Waals surface area contributed by atoms with Crippen LogP contribution in [0.15, 0.2) is 34.8 Å². The zero-order chi connectivity index (χ0) is 16.0. The third kappa shape index (κ3) is 2.33. The maximum atomic E-state index is 12.9. The van der Waals surface area contributed by atoms with Crippen molar-refractivity contribution in [1.29, 1.82) is 0 Å². The molecule has 0 bridgehead atoms. The van der Waals surface area contributed by atoms with E-state index in [1.54, 1.807) is 7.11 Å². The lowest BCUT2D eigenvalue weighted by Gasteiger charge is -2.17. The number of hydrogen-bond acceptors (Lipinski definition) is 3. The summed E-state index contributed by atoms with van der Waals surface area (Å²) in [7, 11) is 1.63. The van der Waals surface area contributed by atoms with Crippen LogP contribution in [-0.4, -0.2) is 31.0 Å². The van der Waals surface area contributed by atoms with Crippen LogP contribution in [0.2, 0.25) is 0 Å². The molecule has 0 spiro atoms. The molecule has 1 saturated heterocycles. The number of furan rings is 1. The van der Waals surface area contributed by atoms with E-state index in [-0.39, 0.29) is 5.91 Å². The number of fused-ring (bicyclic) bond motifs is 2. The molecule has 4 rings (SSSR count). The maximum Gasteiger partial charge on any atom is 0.289 e. The minimum absolute atomic E-state index is 0.0204. The second kappa shape index (κ2) is 5.44. The first-order valence-electron chi connectivity index (χ1n) is 8.18. The van der Waals surface area contributed by atoms with Crippen molar-refractivity contribution in [2.75, 3.05) is 20.2 Å². The number of benzene rings is 1. The molecule has 4 heteroatoms. The van der Waals surface area contributed by atoms with E-state index in [4.69, 9.17) is 9.15 Å². The van der Waals surface area contributed by atoms with Gasteiger partial charge in [0.05, 0.1) is 7.11 Å². The summed E-state index contributed by atoms with van der Waals surface area (Å²) in [5.74, 6) is 2.44. The average molecular weight is 311 g/mol.